The van der Waals surface area contributed by atoms with Crippen LogP contribution in [0.25, 0.3) is 5.00 Å². The van der Waals surface area contributed by atoms with Gasteiger partial charge in [-0.3, -0.25) is 19.3 Å². The van der Waals surface area contributed by atoms with Crippen molar-refractivity contribution in [3.63, 3.8) is 0 Å². The monoisotopic (exact) mass is 491 g/mol. The Kier molecular flexibility index (Phi) is 6.57. The zero-order valence-corrected chi connectivity index (χ0v) is 21.9. The van der Waals surface area contributed by atoms with Crippen LogP contribution >= 0.6 is 11.3 Å². The Morgan fingerprint density at radius 3 is 2.49 bits per heavy atom. The van der Waals surface area contributed by atoms with E-state index >= 15 is 0 Å². The molecule has 3 aromatic rings. The second-order valence-electron chi connectivity index (χ2n) is 9.65. The number of aryl methyl sites for hydroxylation is 3. The third-order valence-corrected chi connectivity index (χ3v) is 8.23. The SMILES string of the molecule is Cc1ccc(C2=NC(CC(=O)NCN3CCN(C)CC3)c3nnc(C)n3-c3sc(C)c(C)c32)cc1. The molecule has 1 fully saturated rings. The molecule has 1 N–H and O–H groups in total. The molecule has 0 radical (unpaired) electrons. The molecule has 1 unspecified atom stereocenters. The number of nitrogens with one attached hydrogen (secondary N) is 1. The van der Waals surface area contributed by atoms with Gasteiger partial charge in [-0.25, -0.2) is 0 Å². The van der Waals surface area contributed by atoms with E-state index in [0.717, 1.165) is 59.7 Å². The number of rotatable bonds is 5. The van der Waals surface area contributed by atoms with Crippen LogP contribution in [0.15, 0.2) is 29.3 Å². The molecule has 184 valence electrons. The van der Waals surface area contributed by atoms with E-state index in [1.54, 1.807) is 11.3 Å². The van der Waals surface area contributed by atoms with Gasteiger partial charge in [0.15, 0.2) is 5.82 Å². The van der Waals surface area contributed by atoms with Gasteiger partial charge in [-0.15, -0.1) is 21.5 Å². The molecule has 35 heavy (non-hydrogen) atoms. The number of benzene rings is 1. The van der Waals surface area contributed by atoms with Gasteiger partial charge in [-0.2, -0.15) is 0 Å². The molecule has 1 aromatic carbocycles. The zero-order valence-electron chi connectivity index (χ0n) is 21.1. The summed E-state index contributed by atoms with van der Waals surface area (Å²) in [6.45, 7) is 12.9. The van der Waals surface area contributed by atoms with Crippen LogP contribution in [-0.4, -0.2) is 76.1 Å². The second-order valence-corrected chi connectivity index (χ2v) is 10.9. The Morgan fingerprint density at radius 1 is 1.06 bits per heavy atom. The van der Waals surface area contributed by atoms with E-state index in [1.807, 2.05) is 6.92 Å². The number of nitrogens with zero attached hydrogens (tertiary/aromatic N) is 6. The molecule has 2 aromatic heterocycles. The van der Waals surface area contributed by atoms with Gasteiger partial charge in [0.2, 0.25) is 5.91 Å². The number of aromatic nitrogens is 3. The van der Waals surface area contributed by atoms with Crippen molar-refractivity contribution >= 4 is 23.0 Å². The van der Waals surface area contributed by atoms with Crippen LogP contribution in [0.5, 0.6) is 0 Å². The lowest BCUT2D eigenvalue weighted by Crippen LogP contribution is -2.48. The fraction of sp³-hybridized carbons (Fsp3) is 0.462. The number of fused-ring (bicyclic) bond motifs is 3. The van der Waals surface area contributed by atoms with Crippen LogP contribution in [-0.2, 0) is 4.79 Å². The first-order valence-electron chi connectivity index (χ1n) is 12.2. The first-order valence-corrected chi connectivity index (χ1v) is 13.0. The van der Waals surface area contributed by atoms with Crippen molar-refractivity contribution in [2.24, 2.45) is 4.99 Å². The smallest absolute Gasteiger partial charge is 0.223 e. The van der Waals surface area contributed by atoms with Crippen molar-refractivity contribution in [1.82, 2.24) is 29.9 Å². The van der Waals surface area contributed by atoms with Crippen LogP contribution in [0, 0.1) is 27.7 Å². The summed E-state index contributed by atoms with van der Waals surface area (Å²) in [6.07, 6.45) is 0.230. The molecule has 2 aliphatic rings. The van der Waals surface area contributed by atoms with E-state index in [1.165, 1.54) is 16.0 Å². The van der Waals surface area contributed by atoms with Gasteiger partial charge in [0.25, 0.3) is 0 Å². The Hall–Kier alpha value is -2.88. The molecule has 5 rings (SSSR count). The summed E-state index contributed by atoms with van der Waals surface area (Å²) < 4.78 is 2.10. The maximum Gasteiger partial charge on any atom is 0.223 e. The number of thiophene rings is 1. The lowest BCUT2D eigenvalue weighted by Gasteiger charge is -2.32. The van der Waals surface area contributed by atoms with Gasteiger partial charge in [0, 0.05) is 42.2 Å². The van der Waals surface area contributed by atoms with Gasteiger partial charge >= 0.3 is 0 Å². The fourth-order valence-electron chi connectivity index (χ4n) is 4.69. The van der Waals surface area contributed by atoms with Gasteiger partial charge in [-0.05, 0) is 40.3 Å². The van der Waals surface area contributed by atoms with Crippen molar-refractivity contribution < 1.29 is 4.79 Å². The van der Waals surface area contributed by atoms with E-state index in [0.29, 0.717) is 6.67 Å². The highest BCUT2D eigenvalue weighted by atomic mass is 32.1. The second kappa shape index (κ2) is 9.64. The highest BCUT2D eigenvalue weighted by molar-refractivity contribution is 7.15. The Labute approximate surface area is 210 Å². The molecule has 1 saturated heterocycles. The van der Waals surface area contributed by atoms with E-state index in [-0.39, 0.29) is 12.3 Å². The number of hydrogen-bond donors (Lipinski definition) is 1. The molecule has 2 aliphatic heterocycles. The minimum Gasteiger partial charge on any atom is -0.343 e. The minimum absolute atomic E-state index is 0.0219. The van der Waals surface area contributed by atoms with Crippen LogP contribution < -0.4 is 5.32 Å². The highest BCUT2D eigenvalue weighted by Gasteiger charge is 2.32. The Bertz CT molecular complexity index is 1270. The van der Waals surface area contributed by atoms with Gasteiger partial charge in [0.1, 0.15) is 16.9 Å². The average Bonchev–Trinajstić information content (AvgIpc) is 3.31. The van der Waals surface area contributed by atoms with Crippen molar-refractivity contribution in [3.05, 3.63) is 63.0 Å². The van der Waals surface area contributed by atoms with Crippen molar-refractivity contribution in [2.45, 2.75) is 40.2 Å². The largest absolute Gasteiger partial charge is 0.343 e. The molecular formula is C26H33N7OS. The summed E-state index contributed by atoms with van der Waals surface area (Å²) in [4.78, 5) is 24.1. The molecule has 9 heteroatoms. The number of aliphatic imine (C=N–C) groups is 1. The van der Waals surface area contributed by atoms with Crippen molar-refractivity contribution in [3.8, 4) is 5.00 Å². The van der Waals surface area contributed by atoms with E-state index in [9.17, 15) is 4.79 Å². The number of hydrogen-bond acceptors (Lipinski definition) is 7. The maximum absolute atomic E-state index is 13.1. The first kappa shape index (κ1) is 23.8. The van der Waals surface area contributed by atoms with Crippen molar-refractivity contribution in [1.29, 1.82) is 0 Å². The summed E-state index contributed by atoms with van der Waals surface area (Å²) >= 11 is 1.73. The van der Waals surface area contributed by atoms with Gasteiger partial charge in [0.05, 0.1) is 18.8 Å². The Balaban J connectivity index is 1.49. The fourth-order valence-corrected chi connectivity index (χ4v) is 5.90. The molecule has 8 nitrogen and oxygen atoms in total. The van der Waals surface area contributed by atoms with E-state index in [4.69, 9.17) is 4.99 Å². The number of carbonyl (C=O) groups is 1. The predicted octanol–water partition coefficient (Wildman–Crippen LogP) is 3.17. The quantitative estimate of drug-likeness (QED) is 0.593. The predicted molar refractivity (Wildman–Crippen MR) is 140 cm³/mol. The minimum atomic E-state index is -0.417. The number of carbonyl (C=O) groups excluding carboxylic acids is 1. The molecular weight excluding hydrogens is 458 g/mol. The molecule has 1 atom stereocenters. The normalized spacial score (nSPS) is 18.5. The average molecular weight is 492 g/mol. The van der Waals surface area contributed by atoms with Crippen LogP contribution in [0.3, 0.4) is 0 Å². The molecule has 0 saturated carbocycles. The summed E-state index contributed by atoms with van der Waals surface area (Å²) in [6, 6.07) is 8.04. The van der Waals surface area contributed by atoms with E-state index in [2.05, 4.69) is 82.0 Å². The number of likely N-dealkylation sites (N-methyl/N-ethyl adjacent to an activating group) is 1. The molecule has 0 spiro atoms. The van der Waals surface area contributed by atoms with E-state index < -0.39 is 6.04 Å². The van der Waals surface area contributed by atoms with Crippen LogP contribution in [0.1, 0.15) is 51.2 Å². The number of amides is 1. The topological polar surface area (TPSA) is 78.7 Å². The highest BCUT2D eigenvalue weighted by Crippen LogP contribution is 2.39. The van der Waals surface area contributed by atoms with Gasteiger partial charge in [-0.1, -0.05) is 29.8 Å². The molecule has 0 bridgehead atoms. The lowest BCUT2D eigenvalue weighted by atomic mass is 9.99. The summed E-state index contributed by atoms with van der Waals surface area (Å²) in [5.41, 5.74) is 5.50. The van der Waals surface area contributed by atoms with Gasteiger partial charge < -0.3 is 10.2 Å². The third kappa shape index (κ3) is 4.68. The Morgan fingerprint density at radius 2 is 1.77 bits per heavy atom. The lowest BCUT2D eigenvalue weighted by molar-refractivity contribution is -0.122. The first-order chi connectivity index (χ1) is 16.8. The zero-order chi connectivity index (χ0) is 24.7. The molecule has 1 amide bonds. The molecule has 4 heterocycles. The third-order valence-electron chi connectivity index (χ3n) is 7.04. The summed E-state index contributed by atoms with van der Waals surface area (Å²) in [5.74, 6) is 1.51. The summed E-state index contributed by atoms with van der Waals surface area (Å²) in [5, 5.41) is 13.1. The van der Waals surface area contributed by atoms with Crippen LogP contribution in [0.4, 0.5) is 0 Å². The standard InChI is InChI=1S/C26H33N7OS/c1-16-6-8-20(9-7-16)24-23-17(2)18(3)35-26(23)33-19(4)29-30-25(33)21(28-24)14-22(34)27-15-32-12-10-31(5)11-13-32/h6-9,21H,10-15H2,1-5H3,(H,27,34). The van der Waals surface area contributed by atoms with Crippen LogP contribution in [0.2, 0.25) is 0 Å². The maximum atomic E-state index is 13.1. The summed E-state index contributed by atoms with van der Waals surface area (Å²) in [7, 11) is 2.13. The number of piperazine rings is 1. The molecule has 0 aliphatic carbocycles. The van der Waals surface area contributed by atoms with Crippen molar-refractivity contribution in [2.75, 3.05) is 39.9 Å².